The van der Waals surface area contributed by atoms with E-state index in [-0.39, 0.29) is 6.29 Å². The third-order valence-electron chi connectivity index (χ3n) is 4.34. The second-order valence-electron chi connectivity index (χ2n) is 6.61. The van der Waals surface area contributed by atoms with E-state index >= 15 is 0 Å². The molecule has 0 spiro atoms. The van der Waals surface area contributed by atoms with Gasteiger partial charge in [-0.2, -0.15) is 0 Å². The lowest BCUT2D eigenvalue weighted by molar-refractivity contribution is -0.118. The van der Waals surface area contributed by atoms with Gasteiger partial charge in [0.05, 0.1) is 0 Å². The first-order chi connectivity index (χ1) is 13.2. The minimum atomic E-state index is -2.94. The van der Waals surface area contributed by atoms with Crippen LogP contribution in [-0.2, 0) is 24.1 Å². The highest BCUT2D eigenvalue weighted by Crippen LogP contribution is 2.26. The summed E-state index contributed by atoms with van der Waals surface area (Å²) in [5.74, 6) is 0. The predicted octanol–water partition coefficient (Wildman–Crippen LogP) is 5.50. The van der Waals surface area contributed by atoms with Gasteiger partial charge in [-0.3, -0.25) is 0 Å². The molecule has 5 heteroatoms. The molecule has 0 radical (unpaired) electrons. The van der Waals surface area contributed by atoms with Crippen LogP contribution in [0.4, 0.5) is 0 Å². The average molecular weight is 391 g/mol. The SMILES string of the molecule is CCCO[Si](Cc1cccc2ccccc12)(OCCC)OC(CC)OCC. The van der Waals surface area contributed by atoms with Gasteiger partial charge < -0.3 is 18.0 Å². The van der Waals surface area contributed by atoms with Gasteiger partial charge in [0.15, 0.2) is 6.29 Å². The first kappa shape index (κ1) is 22.1. The molecular weight excluding hydrogens is 356 g/mol. The van der Waals surface area contributed by atoms with Crippen LogP contribution in [0.5, 0.6) is 0 Å². The van der Waals surface area contributed by atoms with Crippen molar-refractivity contribution in [2.24, 2.45) is 0 Å². The Bertz CT molecular complexity index is 663. The zero-order valence-corrected chi connectivity index (χ0v) is 18.2. The van der Waals surface area contributed by atoms with E-state index in [1.54, 1.807) is 0 Å². The maximum atomic E-state index is 6.46. The van der Waals surface area contributed by atoms with E-state index in [0.717, 1.165) is 19.3 Å². The zero-order valence-electron chi connectivity index (χ0n) is 17.2. The minimum absolute atomic E-state index is 0.301. The molecule has 2 rings (SSSR count). The summed E-state index contributed by atoms with van der Waals surface area (Å²) in [5.41, 5.74) is 1.21. The number of benzene rings is 2. The molecule has 4 nitrogen and oxygen atoms in total. The van der Waals surface area contributed by atoms with E-state index in [2.05, 4.69) is 63.2 Å². The zero-order chi connectivity index (χ0) is 19.5. The van der Waals surface area contributed by atoms with Crippen LogP contribution >= 0.6 is 0 Å². The van der Waals surface area contributed by atoms with E-state index in [1.807, 2.05) is 6.92 Å². The molecule has 2 aromatic rings. The van der Waals surface area contributed by atoms with Crippen LogP contribution in [0.1, 0.15) is 52.5 Å². The van der Waals surface area contributed by atoms with Crippen molar-refractivity contribution in [2.45, 2.75) is 59.3 Å². The second-order valence-corrected chi connectivity index (χ2v) is 9.14. The van der Waals surface area contributed by atoms with Crippen molar-refractivity contribution in [2.75, 3.05) is 19.8 Å². The van der Waals surface area contributed by atoms with E-state index in [9.17, 15) is 0 Å². The number of rotatable bonds is 13. The van der Waals surface area contributed by atoms with E-state index < -0.39 is 8.80 Å². The Balaban J connectivity index is 2.38. The summed E-state index contributed by atoms with van der Waals surface area (Å²) in [6, 6.07) is 15.5. The molecule has 0 N–H and O–H groups in total. The molecule has 0 bridgehead atoms. The summed E-state index contributed by atoms with van der Waals surface area (Å²) in [5, 5.41) is 2.45. The lowest BCUT2D eigenvalue weighted by Gasteiger charge is -2.33. The van der Waals surface area contributed by atoms with Crippen molar-refractivity contribution in [3.63, 3.8) is 0 Å². The number of hydrogen-bond donors (Lipinski definition) is 0. The number of fused-ring (bicyclic) bond motifs is 1. The molecule has 0 aromatic heterocycles. The third-order valence-corrected chi connectivity index (χ3v) is 7.06. The fraction of sp³-hybridized carbons (Fsp3) is 0.545. The lowest BCUT2D eigenvalue weighted by atomic mass is 10.1. The molecule has 0 aliphatic heterocycles. The molecule has 0 fully saturated rings. The summed E-state index contributed by atoms with van der Waals surface area (Å²) in [7, 11) is -2.94. The van der Waals surface area contributed by atoms with Crippen molar-refractivity contribution >= 4 is 19.6 Å². The summed E-state index contributed by atoms with van der Waals surface area (Å²) >= 11 is 0. The van der Waals surface area contributed by atoms with Gasteiger partial charge in [0.2, 0.25) is 0 Å². The van der Waals surface area contributed by atoms with Gasteiger partial charge in [-0.25, -0.2) is 0 Å². The molecule has 0 aliphatic carbocycles. The van der Waals surface area contributed by atoms with Crippen molar-refractivity contribution < 1.29 is 18.0 Å². The Kier molecular flexibility index (Phi) is 9.45. The monoisotopic (exact) mass is 390 g/mol. The second kappa shape index (κ2) is 11.6. The summed E-state index contributed by atoms with van der Waals surface area (Å²) in [4.78, 5) is 0. The molecule has 0 amide bonds. The van der Waals surface area contributed by atoms with Crippen molar-refractivity contribution in [1.29, 1.82) is 0 Å². The van der Waals surface area contributed by atoms with Crippen LogP contribution in [0.25, 0.3) is 10.8 Å². The normalized spacial score (nSPS) is 13.2. The highest BCUT2D eigenvalue weighted by molar-refractivity contribution is 6.60. The Labute approximate surface area is 165 Å². The smallest absolute Gasteiger partial charge is 0.373 e. The van der Waals surface area contributed by atoms with Gasteiger partial charge in [0.25, 0.3) is 0 Å². The molecular formula is C22H34O4Si. The predicted molar refractivity (Wildman–Crippen MR) is 113 cm³/mol. The van der Waals surface area contributed by atoms with E-state index in [0.29, 0.717) is 25.9 Å². The average Bonchev–Trinajstić information content (AvgIpc) is 2.70. The van der Waals surface area contributed by atoms with Crippen molar-refractivity contribution in [1.82, 2.24) is 0 Å². The summed E-state index contributed by atoms with van der Waals surface area (Å²) in [6.45, 7) is 10.1. The van der Waals surface area contributed by atoms with Gasteiger partial charge in [-0.1, -0.05) is 63.2 Å². The number of ether oxygens (including phenoxy) is 1. The molecule has 0 saturated carbocycles. The van der Waals surface area contributed by atoms with Gasteiger partial charge in [-0.05, 0) is 42.5 Å². The maximum absolute atomic E-state index is 6.46. The van der Waals surface area contributed by atoms with E-state index in [1.165, 1.54) is 16.3 Å². The molecule has 0 aliphatic rings. The van der Waals surface area contributed by atoms with Gasteiger partial charge in [-0.15, -0.1) is 0 Å². The first-order valence-corrected chi connectivity index (χ1v) is 12.1. The van der Waals surface area contributed by atoms with Crippen LogP contribution in [-0.4, -0.2) is 34.9 Å². The Morgan fingerprint density at radius 3 is 2.15 bits per heavy atom. The molecule has 150 valence electrons. The lowest BCUT2D eigenvalue weighted by Crippen LogP contribution is -2.51. The van der Waals surface area contributed by atoms with Crippen LogP contribution in [0.15, 0.2) is 42.5 Å². The van der Waals surface area contributed by atoms with Crippen LogP contribution in [0.3, 0.4) is 0 Å². The quantitative estimate of drug-likeness (QED) is 0.334. The van der Waals surface area contributed by atoms with Crippen molar-refractivity contribution in [3.8, 4) is 0 Å². The highest BCUT2D eigenvalue weighted by Gasteiger charge is 2.44. The molecule has 0 heterocycles. The fourth-order valence-corrected chi connectivity index (χ4v) is 6.02. The molecule has 27 heavy (non-hydrogen) atoms. The van der Waals surface area contributed by atoms with Crippen LogP contribution in [0, 0.1) is 0 Å². The molecule has 1 unspecified atom stereocenters. The topological polar surface area (TPSA) is 36.9 Å². The maximum Gasteiger partial charge on any atom is 0.507 e. The summed E-state index contributed by atoms with van der Waals surface area (Å²) in [6.07, 6.45) is 2.32. The first-order valence-electron chi connectivity index (χ1n) is 10.2. The largest absolute Gasteiger partial charge is 0.507 e. The molecule has 0 saturated heterocycles. The Hall–Kier alpha value is -1.24. The van der Waals surface area contributed by atoms with Gasteiger partial charge >= 0.3 is 8.80 Å². The summed E-state index contributed by atoms with van der Waals surface area (Å²) < 4.78 is 24.9. The molecule has 2 aromatic carbocycles. The number of hydrogen-bond acceptors (Lipinski definition) is 4. The van der Waals surface area contributed by atoms with Gasteiger partial charge in [0, 0.05) is 25.9 Å². The Morgan fingerprint density at radius 2 is 1.52 bits per heavy atom. The molecule has 1 atom stereocenters. The highest BCUT2D eigenvalue weighted by atomic mass is 28.4. The van der Waals surface area contributed by atoms with Crippen molar-refractivity contribution in [3.05, 3.63) is 48.0 Å². The fourth-order valence-electron chi connectivity index (χ4n) is 3.07. The standard InChI is InChI=1S/C22H34O4Si/c1-5-16-24-27(25-17-6-2,26-22(7-3)23-8-4)18-20-14-11-13-19-12-9-10-15-21(19)20/h9-15,22H,5-8,16-18H2,1-4H3. The minimum Gasteiger partial charge on any atom is -0.373 e. The van der Waals surface area contributed by atoms with E-state index in [4.69, 9.17) is 18.0 Å². The third kappa shape index (κ3) is 6.40. The van der Waals surface area contributed by atoms with Crippen LogP contribution in [0.2, 0.25) is 0 Å². The van der Waals surface area contributed by atoms with Crippen LogP contribution < -0.4 is 0 Å². The van der Waals surface area contributed by atoms with Gasteiger partial charge in [0.1, 0.15) is 0 Å². The Morgan fingerprint density at radius 1 is 0.852 bits per heavy atom.